The number of carbonyl (C=O) groups is 1. The van der Waals surface area contributed by atoms with Crippen LogP contribution in [0.15, 0.2) is 0 Å². The van der Waals surface area contributed by atoms with Crippen molar-refractivity contribution in [3.8, 4) is 0 Å². The molecule has 2 N–H and O–H groups in total. The maximum absolute atomic E-state index is 11.7. The Morgan fingerprint density at radius 3 is 2.78 bits per heavy atom. The second-order valence-electron chi connectivity index (χ2n) is 5.34. The van der Waals surface area contributed by atoms with Crippen LogP contribution < -0.4 is 10.6 Å². The number of hydrogen-bond donors (Lipinski definition) is 2. The van der Waals surface area contributed by atoms with E-state index in [0.29, 0.717) is 18.4 Å². The number of urea groups is 1. The van der Waals surface area contributed by atoms with Crippen molar-refractivity contribution in [3.63, 3.8) is 0 Å². The number of ether oxygens (including phenoxy) is 1. The first-order valence-electron chi connectivity index (χ1n) is 6.69. The highest BCUT2D eigenvalue weighted by molar-refractivity contribution is 7.98. The van der Waals surface area contributed by atoms with E-state index in [-0.39, 0.29) is 18.2 Å². The molecule has 2 amide bonds. The average Bonchev–Trinajstić information content (AvgIpc) is 2.74. The fourth-order valence-corrected chi connectivity index (χ4v) is 2.98. The van der Waals surface area contributed by atoms with Crippen LogP contribution >= 0.6 is 11.8 Å². The molecule has 18 heavy (non-hydrogen) atoms. The quantitative estimate of drug-likeness (QED) is 0.780. The van der Waals surface area contributed by atoms with Crippen molar-refractivity contribution in [3.05, 3.63) is 0 Å². The molecule has 0 aromatic heterocycles. The van der Waals surface area contributed by atoms with Crippen LogP contribution in [-0.4, -0.2) is 43.3 Å². The van der Waals surface area contributed by atoms with Gasteiger partial charge in [-0.3, -0.25) is 0 Å². The average molecular weight is 274 g/mol. The fourth-order valence-electron chi connectivity index (χ4n) is 2.40. The van der Waals surface area contributed by atoms with Crippen LogP contribution in [0.2, 0.25) is 0 Å². The molecule has 0 aliphatic carbocycles. The zero-order valence-corrected chi connectivity index (χ0v) is 12.7. The number of thioether (sulfide) groups is 1. The lowest BCUT2D eigenvalue weighted by molar-refractivity contribution is 0.0545. The fraction of sp³-hybridized carbons (Fsp3) is 0.923. The third-order valence-electron chi connectivity index (χ3n) is 3.24. The number of hydrogen-bond acceptors (Lipinski definition) is 3. The molecule has 0 radical (unpaired) electrons. The van der Waals surface area contributed by atoms with Crippen molar-refractivity contribution in [2.24, 2.45) is 11.8 Å². The Balaban J connectivity index is 2.25. The molecule has 106 valence electrons. The van der Waals surface area contributed by atoms with Crippen molar-refractivity contribution in [2.45, 2.75) is 39.3 Å². The van der Waals surface area contributed by atoms with Crippen LogP contribution in [-0.2, 0) is 4.74 Å². The molecule has 1 fully saturated rings. The third-order valence-corrected chi connectivity index (χ3v) is 4.07. The van der Waals surface area contributed by atoms with Gasteiger partial charge >= 0.3 is 6.03 Å². The van der Waals surface area contributed by atoms with E-state index in [1.165, 1.54) is 0 Å². The molecule has 4 nitrogen and oxygen atoms in total. The van der Waals surface area contributed by atoms with Gasteiger partial charge in [-0.05, 0) is 25.5 Å². The molecule has 5 heteroatoms. The second kappa shape index (κ2) is 7.89. The van der Waals surface area contributed by atoms with Gasteiger partial charge in [0, 0.05) is 30.9 Å². The van der Waals surface area contributed by atoms with E-state index in [1.807, 2.05) is 13.2 Å². The van der Waals surface area contributed by atoms with E-state index in [2.05, 4.69) is 24.5 Å². The van der Waals surface area contributed by atoms with E-state index >= 15 is 0 Å². The minimum atomic E-state index is -0.0639. The Hall–Kier alpha value is -0.420. The van der Waals surface area contributed by atoms with Gasteiger partial charge in [0.15, 0.2) is 0 Å². The van der Waals surface area contributed by atoms with E-state index in [0.717, 1.165) is 18.8 Å². The first kappa shape index (κ1) is 15.6. The normalized spacial score (nSPS) is 25.2. The molecular formula is C13H26N2O2S. The highest BCUT2D eigenvalue weighted by Gasteiger charge is 2.30. The lowest BCUT2D eigenvalue weighted by Gasteiger charge is -2.22. The second-order valence-corrected chi connectivity index (χ2v) is 6.25. The Kier molecular flexibility index (Phi) is 6.86. The van der Waals surface area contributed by atoms with Gasteiger partial charge in [0.2, 0.25) is 0 Å². The van der Waals surface area contributed by atoms with Gasteiger partial charge in [-0.25, -0.2) is 4.79 Å². The van der Waals surface area contributed by atoms with Crippen LogP contribution in [0.1, 0.15) is 27.2 Å². The van der Waals surface area contributed by atoms with E-state index in [9.17, 15) is 4.79 Å². The number of amides is 2. The number of rotatable bonds is 6. The largest absolute Gasteiger partial charge is 0.378 e. The van der Waals surface area contributed by atoms with Gasteiger partial charge in [-0.2, -0.15) is 11.8 Å². The Labute approximate surface area is 115 Å². The summed E-state index contributed by atoms with van der Waals surface area (Å²) in [5.41, 5.74) is 0. The van der Waals surface area contributed by atoms with Crippen molar-refractivity contribution in [2.75, 3.05) is 25.2 Å². The minimum absolute atomic E-state index is 0.0639. The molecule has 0 saturated carbocycles. The molecule has 3 atom stereocenters. The Bertz CT molecular complexity index is 261. The SMILES string of the molecule is CSC[C@H](C)NC(=O)NC[C@H]1CCO[C@H]1C(C)C. The molecule has 1 aliphatic rings. The predicted octanol–water partition coefficient (Wildman–Crippen LogP) is 2.10. The highest BCUT2D eigenvalue weighted by Crippen LogP contribution is 2.25. The zero-order valence-electron chi connectivity index (χ0n) is 11.9. The summed E-state index contributed by atoms with van der Waals surface area (Å²) in [6, 6.07) is 0.145. The summed E-state index contributed by atoms with van der Waals surface area (Å²) in [6.45, 7) is 7.89. The third kappa shape index (κ3) is 5.06. The summed E-state index contributed by atoms with van der Waals surface area (Å²) in [5.74, 6) is 1.90. The summed E-state index contributed by atoms with van der Waals surface area (Å²) >= 11 is 1.74. The maximum atomic E-state index is 11.7. The van der Waals surface area contributed by atoms with Crippen molar-refractivity contribution in [1.29, 1.82) is 0 Å². The maximum Gasteiger partial charge on any atom is 0.315 e. The summed E-state index contributed by atoms with van der Waals surface area (Å²) in [7, 11) is 0. The monoisotopic (exact) mass is 274 g/mol. The summed E-state index contributed by atoms with van der Waals surface area (Å²) < 4.78 is 5.70. The van der Waals surface area contributed by atoms with Gasteiger partial charge in [-0.15, -0.1) is 0 Å². The van der Waals surface area contributed by atoms with Crippen LogP contribution in [0.25, 0.3) is 0 Å². The van der Waals surface area contributed by atoms with E-state index < -0.39 is 0 Å². The first-order valence-corrected chi connectivity index (χ1v) is 8.08. The van der Waals surface area contributed by atoms with Gasteiger partial charge in [0.1, 0.15) is 0 Å². The molecule has 0 bridgehead atoms. The van der Waals surface area contributed by atoms with Crippen LogP contribution in [0.4, 0.5) is 4.79 Å². The zero-order chi connectivity index (χ0) is 13.5. The lowest BCUT2D eigenvalue weighted by Crippen LogP contribution is -2.44. The standard InChI is InChI=1S/C13H26N2O2S/c1-9(2)12-11(5-6-17-12)7-14-13(16)15-10(3)8-18-4/h9-12H,5-8H2,1-4H3,(H2,14,15,16)/t10-,11+,12-/m0/s1. The van der Waals surface area contributed by atoms with Crippen molar-refractivity contribution >= 4 is 17.8 Å². The summed E-state index contributed by atoms with van der Waals surface area (Å²) in [5, 5.41) is 5.90. The smallest absolute Gasteiger partial charge is 0.315 e. The molecular weight excluding hydrogens is 248 g/mol. The van der Waals surface area contributed by atoms with Gasteiger partial charge in [-0.1, -0.05) is 13.8 Å². The van der Waals surface area contributed by atoms with Crippen molar-refractivity contribution in [1.82, 2.24) is 10.6 Å². The molecule has 1 rings (SSSR count). The lowest BCUT2D eigenvalue weighted by atomic mass is 9.93. The van der Waals surface area contributed by atoms with Crippen LogP contribution in [0, 0.1) is 11.8 Å². The molecule has 0 aromatic carbocycles. The van der Waals surface area contributed by atoms with E-state index in [4.69, 9.17) is 4.74 Å². The number of carbonyl (C=O) groups excluding carboxylic acids is 1. The van der Waals surface area contributed by atoms with Crippen LogP contribution in [0.3, 0.4) is 0 Å². The highest BCUT2D eigenvalue weighted by atomic mass is 32.2. The predicted molar refractivity (Wildman–Crippen MR) is 77.1 cm³/mol. The van der Waals surface area contributed by atoms with Gasteiger partial charge < -0.3 is 15.4 Å². The molecule has 0 spiro atoms. The van der Waals surface area contributed by atoms with Crippen LogP contribution in [0.5, 0.6) is 0 Å². The molecule has 0 aromatic rings. The Morgan fingerprint density at radius 2 is 2.17 bits per heavy atom. The number of nitrogens with one attached hydrogen (secondary N) is 2. The minimum Gasteiger partial charge on any atom is -0.378 e. The Morgan fingerprint density at radius 1 is 1.44 bits per heavy atom. The van der Waals surface area contributed by atoms with Gasteiger partial charge in [0.25, 0.3) is 0 Å². The molecule has 1 aliphatic heterocycles. The molecule has 0 unspecified atom stereocenters. The summed E-state index contributed by atoms with van der Waals surface area (Å²) in [4.78, 5) is 11.7. The summed E-state index contributed by atoms with van der Waals surface area (Å²) in [6.07, 6.45) is 3.37. The van der Waals surface area contributed by atoms with Crippen molar-refractivity contribution < 1.29 is 9.53 Å². The first-order chi connectivity index (χ1) is 8.54. The van der Waals surface area contributed by atoms with E-state index in [1.54, 1.807) is 11.8 Å². The molecule has 1 heterocycles. The topological polar surface area (TPSA) is 50.4 Å². The van der Waals surface area contributed by atoms with Gasteiger partial charge in [0.05, 0.1) is 6.10 Å². The molecule has 1 saturated heterocycles.